The number of pyridine rings is 1. The van der Waals surface area contributed by atoms with Crippen molar-refractivity contribution in [2.75, 3.05) is 44.3 Å². The van der Waals surface area contributed by atoms with Gasteiger partial charge in [0.2, 0.25) is 0 Å². The summed E-state index contributed by atoms with van der Waals surface area (Å²) in [6.07, 6.45) is 7.30. The summed E-state index contributed by atoms with van der Waals surface area (Å²) in [6.45, 7) is 8.26. The van der Waals surface area contributed by atoms with Gasteiger partial charge in [-0.1, -0.05) is 19.4 Å². The maximum Gasteiger partial charge on any atom is 0.128 e. The number of anilines is 1. The Balaban J connectivity index is 1.70. The van der Waals surface area contributed by atoms with Crippen molar-refractivity contribution in [1.82, 2.24) is 9.88 Å². The van der Waals surface area contributed by atoms with Gasteiger partial charge in [0.05, 0.1) is 13.2 Å². The molecule has 3 heterocycles. The van der Waals surface area contributed by atoms with Gasteiger partial charge < -0.3 is 9.64 Å². The molecule has 3 rings (SSSR count). The summed E-state index contributed by atoms with van der Waals surface area (Å²) in [5.41, 5.74) is 1.39. The molecule has 0 amide bonds. The van der Waals surface area contributed by atoms with E-state index in [-0.39, 0.29) is 0 Å². The van der Waals surface area contributed by atoms with E-state index in [0.717, 1.165) is 32.1 Å². The third-order valence-electron chi connectivity index (χ3n) is 4.62. The lowest BCUT2D eigenvalue weighted by atomic mass is 9.96. The zero-order chi connectivity index (χ0) is 14.5. The van der Waals surface area contributed by atoms with Crippen LogP contribution < -0.4 is 4.90 Å². The molecule has 0 radical (unpaired) electrons. The zero-order valence-electron chi connectivity index (χ0n) is 13.1. The number of piperidine rings is 1. The van der Waals surface area contributed by atoms with E-state index in [1.165, 1.54) is 44.3 Å². The van der Waals surface area contributed by atoms with Gasteiger partial charge in [-0.3, -0.25) is 4.90 Å². The predicted molar refractivity (Wildman–Crippen MR) is 85.7 cm³/mol. The van der Waals surface area contributed by atoms with Crippen molar-refractivity contribution in [1.29, 1.82) is 0 Å². The zero-order valence-corrected chi connectivity index (χ0v) is 13.1. The second-order valence-corrected chi connectivity index (χ2v) is 6.10. The van der Waals surface area contributed by atoms with Crippen LogP contribution in [0, 0.1) is 0 Å². The summed E-state index contributed by atoms with van der Waals surface area (Å²) >= 11 is 0. The highest BCUT2D eigenvalue weighted by atomic mass is 16.5. The van der Waals surface area contributed by atoms with Crippen LogP contribution in [0.3, 0.4) is 0 Å². The van der Waals surface area contributed by atoms with E-state index >= 15 is 0 Å². The predicted octanol–water partition coefficient (Wildman–Crippen LogP) is 2.86. The van der Waals surface area contributed by atoms with Crippen molar-refractivity contribution in [3.63, 3.8) is 0 Å². The van der Waals surface area contributed by atoms with Gasteiger partial charge in [0.25, 0.3) is 0 Å². The Morgan fingerprint density at radius 2 is 2.05 bits per heavy atom. The number of hydrogen-bond donors (Lipinski definition) is 0. The number of rotatable bonds is 4. The molecular formula is C17H27N3O. The molecule has 116 valence electrons. The molecule has 0 bridgehead atoms. The number of aromatic nitrogens is 1. The van der Waals surface area contributed by atoms with Crippen LogP contribution in [-0.2, 0) is 4.74 Å². The van der Waals surface area contributed by atoms with Crippen LogP contribution in [0.4, 0.5) is 5.82 Å². The minimum atomic E-state index is 0.574. The van der Waals surface area contributed by atoms with Gasteiger partial charge in [-0.15, -0.1) is 0 Å². The third-order valence-corrected chi connectivity index (χ3v) is 4.62. The van der Waals surface area contributed by atoms with E-state index in [4.69, 9.17) is 9.72 Å². The molecule has 4 nitrogen and oxygen atoms in total. The molecule has 1 atom stereocenters. The highest BCUT2D eigenvalue weighted by Gasteiger charge is 2.23. The standard InChI is InChI=1S/C17H27N3O/c1-2-8-19-9-4-3-5-16(19)15-6-7-17(18-14-15)20-10-12-21-13-11-20/h6-7,14,16H,2-5,8-13H2,1H3. The Morgan fingerprint density at radius 3 is 2.76 bits per heavy atom. The van der Waals surface area contributed by atoms with Gasteiger partial charge in [0.15, 0.2) is 0 Å². The molecule has 2 saturated heterocycles. The van der Waals surface area contributed by atoms with E-state index in [1.807, 2.05) is 0 Å². The molecule has 2 fully saturated rings. The molecule has 2 aliphatic heterocycles. The van der Waals surface area contributed by atoms with Crippen LogP contribution in [0.2, 0.25) is 0 Å². The Morgan fingerprint density at radius 1 is 1.19 bits per heavy atom. The van der Waals surface area contributed by atoms with Gasteiger partial charge in [0.1, 0.15) is 5.82 Å². The maximum absolute atomic E-state index is 5.40. The van der Waals surface area contributed by atoms with E-state index in [1.54, 1.807) is 0 Å². The number of ether oxygens (including phenoxy) is 1. The number of nitrogens with zero attached hydrogens (tertiary/aromatic N) is 3. The summed E-state index contributed by atoms with van der Waals surface area (Å²) < 4.78 is 5.40. The first-order chi connectivity index (χ1) is 10.4. The Labute approximate surface area is 128 Å². The Bertz CT molecular complexity index is 426. The highest BCUT2D eigenvalue weighted by Crippen LogP contribution is 2.31. The van der Waals surface area contributed by atoms with Gasteiger partial charge in [-0.2, -0.15) is 0 Å². The molecule has 1 aromatic rings. The minimum Gasteiger partial charge on any atom is -0.378 e. The average molecular weight is 289 g/mol. The van der Waals surface area contributed by atoms with Gasteiger partial charge >= 0.3 is 0 Å². The van der Waals surface area contributed by atoms with Crippen LogP contribution in [-0.4, -0.2) is 49.3 Å². The molecule has 0 N–H and O–H groups in total. The van der Waals surface area contributed by atoms with Crippen molar-refractivity contribution in [3.8, 4) is 0 Å². The molecule has 0 aromatic carbocycles. The first-order valence-corrected chi connectivity index (χ1v) is 8.41. The second kappa shape index (κ2) is 7.23. The summed E-state index contributed by atoms with van der Waals surface area (Å²) in [4.78, 5) is 9.67. The van der Waals surface area contributed by atoms with Crippen LogP contribution >= 0.6 is 0 Å². The van der Waals surface area contributed by atoms with Crippen molar-refractivity contribution < 1.29 is 4.74 Å². The fourth-order valence-electron chi connectivity index (χ4n) is 3.50. The van der Waals surface area contributed by atoms with Crippen LogP contribution in [0.1, 0.15) is 44.2 Å². The summed E-state index contributed by atoms with van der Waals surface area (Å²) in [6, 6.07) is 5.06. The fraction of sp³-hybridized carbons (Fsp3) is 0.706. The summed E-state index contributed by atoms with van der Waals surface area (Å²) in [5, 5.41) is 0. The van der Waals surface area contributed by atoms with E-state index in [9.17, 15) is 0 Å². The van der Waals surface area contributed by atoms with Crippen molar-refractivity contribution in [3.05, 3.63) is 23.9 Å². The number of hydrogen-bond acceptors (Lipinski definition) is 4. The molecule has 2 aliphatic rings. The third kappa shape index (κ3) is 3.55. The molecule has 1 aromatic heterocycles. The van der Waals surface area contributed by atoms with Crippen molar-refractivity contribution in [2.45, 2.75) is 38.6 Å². The lowest BCUT2D eigenvalue weighted by Crippen LogP contribution is -2.37. The molecule has 0 aliphatic carbocycles. The molecule has 4 heteroatoms. The minimum absolute atomic E-state index is 0.574. The van der Waals surface area contributed by atoms with Crippen LogP contribution in [0.25, 0.3) is 0 Å². The van der Waals surface area contributed by atoms with Crippen LogP contribution in [0.15, 0.2) is 18.3 Å². The average Bonchev–Trinajstić information content (AvgIpc) is 2.57. The summed E-state index contributed by atoms with van der Waals surface area (Å²) in [7, 11) is 0. The molecule has 21 heavy (non-hydrogen) atoms. The van der Waals surface area contributed by atoms with Gasteiger partial charge in [0, 0.05) is 25.3 Å². The topological polar surface area (TPSA) is 28.6 Å². The second-order valence-electron chi connectivity index (χ2n) is 6.10. The Kier molecular flexibility index (Phi) is 5.09. The van der Waals surface area contributed by atoms with Gasteiger partial charge in [-0.05, 0) is 44.0 Å². The lowest BCUT2D eigenvalue weighted by molar-refractivity contribution is 0.122. The number of morpholine rings is 1. The van der Waals surface area contributed by atoms with E-state index in [0.29, 0.717) is 6.04 Å². The Hall–Kier alpha value is -1.13. The maximum atomic E-state index is 5.40. The lowest BCUT2D eigenvalue weighted by Gasteiger charge is -2.36. The van der Waals surface area contributed by atoms with Gasteiger partial charge in [-0.25, -0.2) is 4.98 Å². The molecular weight excluding hydrogens is 262 g/mol. The van der Waals surface area contributed by atoms with Crippen molar-refractivity contribution in [2.24, 2.45) is 0 Å². The first kappa shape index (κ1) is 14.8. The summed E-state index contributed by atoms with van der Waals surface area (Å²) in [5.74, 6) is 1.10. The van der Waals surface area contributed by atoms with E-state index in [2.05, 4.69) is 35.1 Å². The molecule has 0 saturated carbocycles. The highest BCUT2D eigenvalue weighted by molar-refractivity contribution is 5.40. The monoisotopic (exact) mass is 289 g/mol. The molecule has 1 unspecified atom stereocenters. The van der Waals surface area contributed by atoms with Crippen LogP contribution in [0.5, 0.6) is 0 Å². The first-order valence-electron chi connectivity index (χ1n) is 8.41. The number of likely N-dealkylation sites (tertiary alicyclic amines) is 1. The SMILES string of the molecule is CCCN1CCCCC1c1ccc(N2CCOCC2)nc1. The fourth-order valence-corrected chi connectivity index (χ4v) is 3.50. The smallest absolute Gasteiger partial charge is 0.128 e. The molecule has 0 spiro atoms. The van der Waals surface area contributed by atoms with Crippen molar-refractivity contribution >= 4 is 5.82 Å². The quantitative estimate of drug-likeness (QED) is 0.852. The van der Waals surface area contributed by atoms with E-state index < -0.39 is 0 Å². The largest absolute Gasteiger partial charge is 0.378 e. The normalized spacial score (nSPS) is 24.2.